The number of aromatic nitrogens is 4. The lowest BCUT2D eigenvalue weighted by Crippen LogP contribution is -2.15. The summed E-state index contributed by atoms with van der Waals surface area (Å²) in [5.41, 5.74) is 14.3. The summed E-state index contributed by atoms with van der Waals surface area (Å²) in [6, 6.07) is 75.2. The van der Waals surface area contributed by atoms with E-state index in [1.165, 1.54) is 49.3 Å². The van der Waals surface area contributed by atoms with Crippen LogP contribution in [0.4, 0.5) is 17.1 Å². The van der Waals surface area contributed by atoms with Gasteiger partial charge in [-0.25, -0.2) is 15.0 Å². The normalized spacial score (nSPS) is 12.0. The van der Waals surface area contributed by atoms with Crippen molar-refractivity contribution in [3.63, 3.8) is 0 Å². The van der Waals surface area contributed by atoms with Crippen molar-refractivity contribution in [2.24, 2.45) is 0 Å². The summed E-state index contributed by atoms with van der Waals surface area (Å²) in [5.74, 6) is 1.91. The van der Waals surface area contributed by atoms with E-state index in [9.17, 15) is 0 Å². The van der Waals surface area contributed by atoms with E-state index in [0.29, 0.717) is 17.5 Å². The third kappa shape index (κ3) is 5.44. The highest BCUT2D eigenvalue weighted by molar-refractivity contribution is 6.18. The monoisotopic (exact) mass is 765 g/mol. The zero-order valence-corrected chi connectivity index (χ0v) is 32.4. The fraction of sp³-hybridized carbons (Fsp3) is 0. The predicted molar refractivity (Wildman–Crippen MR) is 247 cm³/mol. The van der Waals surface area contributed by atoms with Crippen molar-refractivity contribution < 1.29 is 0 Å². The Balaban J connectivity index is 1.11. The van der Waals surface area contributed by atoms with Crippen LogP contribution in [0.1, 0.15) is 0 Å². The first kappa shape index (κ1) is 33.9. The fourth-order valence-corrected chi connectivity index (χ4v) is 9.03. The zero-order chi connectivity index (χ0) is 39.6. The number of fused-ring (bicyclic) bond motifs is 5. The summed E-state index contributed by atoms with van der Waals surface area (Å²) >= 11 is 0. The van der Waals surface area contributed by atoms with Crippen LogP contribution in [-0.2, 0) is 0 Å². The van der Waals surface area contributed by atoms with Crippen LogP contribution in [0, 0.1) is 0 Å². The Morgan fingerprint density at radius 1 is 0.300 bits per heavy atom. The molecule has 0 N–H and O–H groups in total. The molecule has 12 rings (SSSR count). The molecule has 9 aromatic carbocycles. The van der Waals surface area contributed by atoms with E-state index in [1.54, 1.807) is 0 Å². The lowest BCUT2D eigenvalue weighted by molar-refractivity contribution is 1.07. The van der Waals surface area contributed by atoms with Gasteiger partial charge >= 0.3 is 0 Å². The Kier molecular flexibility index (Phi) is 7.78. The molecule has 0 fully saturated rings. The van der Waals surface area contributed by atoms with E-state index in [-0.39, 0.29) is 0 Å². The molecule has 0 atom stereocenters. The first-order valence-electron chi connectivity index (χ1n) is 20.3. The maximum absolute atomic E-state index is 5.11. The van der Waals surface area contributed by atoms with Crippen molar-refractivity contribution in [1.29, 1.82) is 0 Å². The second-order valence-electron chi connectivity index (χ2n) is 15.2. The molecule has 11 aromatic rings. The molecular formula is C55H35N5. The van der Waals surface area contributed by atoms with Gasteiger partial charge in [-0.3, -0.25) is 0 Å². The molecule has 1 aliphatic heterocycles. The molecule has 3 heterocycles. The van der Waals surface area contributed by atoms with Crippen LogP contribution in [0.25, 0.3) is 94.7 Å². The SMILES string of the molecule is c1ccc(-c2ccc3c4ccccc4n(-c4ccc5c6c(cccc46)-c4cc(-c6nc(-c7ccccc7)nc(-c7ccccc7)n6)ccc4N5c4ccccc4)c3c2)cc1. The molecule has 280 valence electrons. The highest BCUT2D eigenvalue weighted by atomic mass is 15.2. The molecule has 0 spiro atoms. The van der Waals surface area contributed by atoms with Crippen LogP contribution >= 0.6 is 0 Å². The lowest BCUT2D eigenvalue weighted by Gasteiger charge is -2.34. The van der Waals surface area contributed by atoms with E-state index in [1.807, 2.05) is 60.7 Å². The van der Waals surface area contributed by atoms with Crippen molar-refractivity contribution in [3.8, 4) is 62.1 Å². The minimum absolute atomic E-state index is 0.628. The van der Waals surface area contributed by atoms with E-state index in [0.717, 1.165) is 45.0 Å². The Hall–Kier alpha value is -8.15. The predicted octanol–water partition coefficient (Wildman–Crippen LogP) is 14.2. The molecule has 0 radical (unpaired) electrons. The molecule has 0 saturated heterocycles. The van der Waals surface area contributed by atoms with E-state index < -0.39 is 0 Å². The van der Waals surface area contributed by atoms with Gasteiger partial charge in [-0.15, -0.1) is 0 Å². The highest BCUT2D eigenvalue weighted by Gasteiger charge is 2.29. The third-order valence-electron chi connectivity index (χ3n) is 11.8. The van der Waals surface area contributed by atoms with Gasteiger partial charge < -0.3 is 9.47 Å². The first-order chi connectivity index (χ1) is 29.8. The van der Waals surface area contributed by atoms with Gasteiger partial charge in [0.2, 0.25) is 0 Å². The standard InChI is InChI=1S/C55H35N5/c1-5-16-36(17-6-1)39-28-30-43-42-24-13-14-27-47(42)60(51(43)35-39)48-32-33-50-52-44(25-15-26-45(48)52)46-34-40(29-31-49(46)59(50)41-22-11-4-12-23-41)55-57-53(37-18-7-2-8-19-37)56-54(58-55)38-20-9-3-10-21-38/h1-35H. The van der Waals surface area contributed by atoms with Gasteiger partial charge in [0.05, 0.1) is 28.1 Å². The van der Waals surface area contributed by atoms with Gasteiger partial charge in [0.25, 0.3) is 0 Å². The number of benzene rings is 9. The van der Waals surface area contributed by atoms with Gasteiger partial charge in [-0.05, 0) is 71.3 Å². The Morgan fingerprint density at radius 2 is 0.833 bits per heavy atom. The third-order valence-corrected chi connectivity index (χ3v) is 11.8. The Morgan fingerprint density at radius 3 is 1.53 bits per heavy atom. The average molecular weight is 766 g/mol. The molecule has 0 bridgehead atoms. The molecule has 0 saturated carbocycles. The summed E-state index contributed by atoms with van der Waals surface area (Å²) < 4.78 is 2.46. The molecular weight excluding hydrogens is 731 g/mol. The molecule has 5 nitrogen and oxygen atoms in total. The maximum atomic E-state index is 5.11. The van der Waals surface area contributed by atoms with Crippen molar-refractivity contribution in [2.75, 3.05) is 4.90 Å². The van der Waals surface area contributed by atoms with Crippen LogP contribution in [0.3, 0.4) is 0 Å². The smallest absolute Gasteiger partial charge is 0.164 e. The average Bonchev–Trinajstić information content (AvgIpc) is 3.66. The van der Waals surface area contributed by atoms with Gasteiger partial charge in [-0.1, -0.05) is 158 Å². The van der Waals surface area contributed by atoms with Crippen LogP contribution < -0.4 is 4.90 Å². The molecule has 5 heteroatoms. The number of anilines is 3. The quantitative estimate of drug-likeness (QED) is 0.169. The van der Waals surface area contributed by atoms with Crippen molar-refractivity contribution in [1.82, 2.24) is 19.5 Å². The fourth-order valence-electron chi connectivity index (χ4n) is 9.03. The van der Waals surface area contributed by atoms with Crippen molar-refractivity contribution >= 4 is 49.6 Å². The molecule has 1 aliphatic rings. The van der Waals surface area contributed by atoms with Crippen molar-refractivity contribution in [3.05, 3.63) is 212 Å². The molecule has 2 aromatic heterocycles. The van der Waals surface area contributed by atoms with Crippen LogP contribution in [0.2, 0.25) is 0 Å². The first-order valence-corrected chi connectivity index (χ1v) is 20.3. The topological polar surface area (TPSA) is 46.8 Å². The number of rotatable bonds is 6. The van der Waals surface area contributed by atoms with Crippen LogP contribution in [0.15, 0.2) is 212 Å². The maximum Gasteiger partial charge on any atom is 0.164 e. The van der Waals surface area contributed by atoms with Gasteiger partial charge in [0.1, 0.15) is 0 Å². The minimum atomic E-state index is 0.628. The summed E-state index contributed by atoms with van der Waals surface area (Å²) in [6.45, 7) is 0. The summed E-state index contributed by atoms with van der Waals surface area (Å²) in [4.78, 5) is 17.6. The van der Waals surface area contributed by atoms with E-state index in [4.69, 9.17) is 15.0 Å². The minimum Gasteiger partial charge on any atom is -0.309 e. The van der Waals surface area contributed by atoms with Gasteiger partial charge in [-0.2, -0.15) is 0 Å². The van der Waals surface area contributed by atoms with Gasteiger partial charge in [0.15, 0.2) is 17.5 Å². The van der Waals surface area contributed by atoms with E-state index >= 15 is 0 Å². The van der Waals surface area contributed by atoms with Crippen LogP contribution in [0.5, 0.6) is 0 Å². The molecule has 0 aliphatic carbocycles. The second kappa shape index (κ2) is 13.8. The summed E-state index contributed by atoms with van der Waals surface area (Å²) in [7, 11) is 0. The Bertz CT molecular complexity index is 3360. The zero-order valence-electron chi connectivity index (χ0n) is 32.4. The summed E-state index contributed by atoms with van der Waals surface area (Å²) in [5, 5.41) is 4.83. The molecule has 60 heavy (non-hydrogen) atoms. The molecule has 0 unspecified atom stereocenters. The van der Waals surface area contributed by atoms with Crippen LogP contribution in [-0.4, -0.2) is 19.5 Å². The number of hydrogen-bond donors (Lipinski definition) is 0. The molecule has 0 amide bonds. The number of para-hydroxylation sites is 2. The van der Waals surface area contributed by atoms with E-state index in [2.05, 4.69) is 161 Å². The highest BCUT2D eigenvalue weighted by Crippen LogP contribution is 2.53. The number of nitrogens with zero attached hydrogens (tertiary/aromatic N) is 5. The van der Waals surface area contributed by atoms with Gasteiger partial charge in [0, 0.05) is 49.5 Å². The summed E-state index contributed by atoms with van der Waals surface area (Å²) in [6.07, 6.45) is 0. The Labute approximate surface area is 347 Å². The lowest BCUT2D eigenvalue weighted by atomic mass is 9.89. The second-order valence-corrected chi connectivity index (χ2v) is 15.2. The largest absolute Gasteiger partial charge is 0.309 e. The number of hydrogen-bond acceptors (Lipinski definition) is 4. The van der Waals surface area contributed by atoms with Crippen molar-refractivity contribution in [2.45, 2.75) is 0 Å².